The third kappa shape index (κ3) is 4.84. The van der Waals surface area contributed by atoms with Crippen LogP contribution in [0, 0.1) is 5.82 Å². The third-order valence-electron chi connectivity index (χ3n) is 4.91. The summed E-state index contributed by atoms with van der Waals surface area (Å²) in [4.78, 5) is 3.74. The van der Waals surface area contributed by atoms with Gasteiger partial charge in [0.25, 0.3) is 10.0 Å². The number of hydrogen-bond acceptors (Lipinski definition) is 6. The van der Waals surface area contributed by atoms with Gasteiger partial charge in [0.15, 0.2) is 0 Å². The summed E-state index contributed by atoms with van der Waals surface area (Å²) in [6, 6.07) is 9.13. The molecule has 2 aliphatic rings. The highest BCUT2D eigenvalue weighted by molar-refractivity contribution is 7.92. The molecule has 2 aromatic rings. The molecule has 0 atom stereocenters. The topological polar surface area (TPSA) is 76.0 Å². The van der Waals surface area contributed by atoms with E-state index in [1.54, 1.807) is 35.3 Å². The average Bonchev–Trinajstić information content (AvgIpc) is 3.22. The molecule has 1 aromatic heterocycles. The Bertz CT molecular complexity index is 1190. The van der Waals surface area contributed by atoms with E-state index in [-0.39, 0.29) is 27.2 Å². The van der Waals surface area contributed by atoms with Crippen molar-refractivity contribution < 1.29 is 17.9 Å². The number of benzene rings is 1. The molecule has 0 radical (unpaired) electrons. The van der Waals surface area contributed by atoms with Crippen LogP contribution < -0.4 is 10.0 Å². The summed E-state index contributed by atoms with van der Waals surface area (Å²) in [6.07, 6.45) is 6.40. The van der Waals surface area contributed by atoms with Crippen molar-refractivity contribution in [2.45, 2.75) is 4.21 Å². The molecule has 0 saturated carbocycles. The van der Waals surface area contributed by atoms with Crippen LogP contribution in [0.5, 0.6) is 0 Å². The van der Waals surface area contributed by atoms with E-state index in [9.17, 15) is 17.9 Å². The molecule has 1 fully saturated rings. The number of sulfonamides is 1. The van der Waals surface area contributed by atoms with Gasteiger partial charge in [0.1, 0.15) is 10.0 Å². The highest BCUT2D eigenvalue weighted by Crippen LogP contribution is 2.28. The lowest BCUT2D eigenvalue weighted by Gasteiger charge is -2.41. The molecular formula is C21H18ClFN3O3S2-. The summed E-state index contributed by atoms with van der Waals surface area (Å²) in [5.41, 5.74) is 1.21. The highest BCUT2D eigenvalue weighted by atomic mass is 35.5. The van der Waals surface area contributed by atoms with Crippen LogP contribution in [0.2, 0.25) is 4.34 Å². The van der Waals surface area contributed by atoms with E-state index in [1.807, 2.05) is 0 Å². The lowest BCUT2D eigenvalue weighted by atomic mass is 10.1. The zero-order valence-corrected chi connectivity index (χ0v) is 18.6. The number of piperazine rings is 1. The zero-order valence-electron chi connectivity index (χ0n) is 16.2. The van der Waals surface area contributed by atoms with Gasteiger partial charge in [-0.3, -0.25) is 0 Å². The molecule has 10 heteroatoms. The Morgan fingerprint density at radius 2 is 1.71 bits per heavy atom. The average molecular weight is 479 g/mol. The van der Waals surface area contributed by atoms with Crippen molar-refractivity contribution in [1.29, 1.82) is 0 Å². The number of rotatable bonds is 4. The Kier molecular flexibility index (Phi) is 6.17. The van der Waals surface area contributed by atoms with Gasteiger partial charge in [-0.1, -0.05) is 29.8 Å². The molecular weight excluding hydrogens is 461 g/mol. The largest absolute Gasteiger partial charge is 0.860 e. The molecule has 0 N–H and O–H groups in total. The van der Waals surface area contributed by atoms with Crippen molar-refractivity contribution in [2.24, 2.45) is 4.40 Å². The number of thiophene rings is 1. The molecule has 0 spiro atoms. The predicted octanol–water partition coefficient (Wildman–Crippen LogP) is 3.19. The molecule has 1 aliphatic heterocycles. The van der Waals surface area contributed by atoms with Crippen molar-refractivity contribution in [3.05, 3.63) is 82.3 Å². The van der Waals surface area contributed by atoms with Crippen LogP contribution >= 0.6 is 22.9 Å². The molecule has 4 rings (SSSR count). The van der Waals surface area contributed by atoms with Crippen LogP contribution in [0.15, 0.2) is 80.8 Å². The smallest absolute Gasteiger partial charge is 0.292 e. The van der Waals surface area contributed by atoms with Gasteiger partial charge in [-0.25, -0.2) is 4.39 Å². The van der Waals surface area contributed by atoms with Crippen LogP contribution in [0.4, 0.5) is 10.1 Å². The highest BCUT2D eigenvalue weighted by Gasteiger charge is 2.21. The Morgan fingerprint density at radius 3 is 2.35 bits per heavy atom. The van der Waals surface area contributed by atoms with E-state index in [0.29, 0.717) is 30.5 Å². The Labute approximate surface area is 189 Å². The van der Waals surface area contributed by atoms with Gasteiger partial charge in [0.05, 0.1) is 10.0 Å². The monoisotopic (exact) mass is 478 g/mol. The maximum Gasteiger partial charge on any atom is 0.292 e. The number of hydrogen-bond donors (Lipinski definition) is 0. The van der Waals surface area contributed by atoms with Crippen LogP contribution in [-0.2, 0) is 10.0 Å². The molecule has 1 aliphatic carbocycles. The first-order chi connectivity index (χ1) is 14.8. The molecule has 162 valence electrons. The first-order valence-electron chi connectivity index (χ1n) is 9.46. The molecule has 0 bridgehead atoms. The molecule has 1 aromatic carbocycles. The van der Waals surface area contributed by atoms with Crippen LogP contribution in [0.25, 0.3) is 0 Å². The molecule has 6 nitrogen and oxygen atoms in total. The Morgan fingerprint density at radius 1 is 1.03 bits per heavy atom. The standard InChI is InChI=1S/C21H19ClFN3O3S2/c22-19-9-10-20(30-19)31(28,29)24-18-4-2-1-3-17(18)21(27)26-13-11-25(12-14-26)16-7-5-15(23)6-8-16/h1-10,27H,11-14H2/p-1. The van der Waals surface area contributed by atoms with E-state index >= 15 is 0 Å². The van der Waals surface area contributed by atoms with Crippen molar-refractivity contribution in [1.82, 2.24) is 4.90 Å². The normalized spacial score (nSPS) is 19.9. The van der Waals surface area contributed by atoms with Gasteiger partial charge in [-0.2, -0.15) is 12.8 Å². The first-order valence-corrected chi connectivity index (χ1v) is 12.1. The zero-order chi connectivity index (χ0) is 22.0. The van der Waals surface area contributed by atoms with Gasteiger partial charge in [0, 0.05) is 37.4 Å². The molecule has 2 heterocycles. The fourth-order valence-electron chi connectivity index (χ4n) is 3.33. The second kappa shape index (κ2) is 8.86. The summed E-state index contributed by atoms with van der Waals surface area (Å²) in [5, 5.41) is 13.1. The van der Waals surface area contributed by atoms with Gasteiger partial charge in [-0.15, -0.1) is 11.3 Å². The van der Waals surface area contributed by atoms with E-state index in [1.165, 1.54) is 30.3 Å². The minimum absolute atomic E-state index is 0.0210. The lowest BCUT2D eigenvalue weighted by molar-refractivity contribution is -0.333. The quantitative estimate of drug-likeness (QED) is 0.631. The predicted molar refractivity (Wildman–Crippen MR) is 119 cm³/mol. The maximum atomic E-state index is 13.1. The minimum atomic E-state index is -3.98. The first kappa shape index (κ1) is 21.6. The Balaban J connectivity index is 1.55. The fraction of sp³-hybridized carbons (Fsp3) is 0.190. The van der Waals surface area contributed by atoms with Gasteiger partial charge in [-0.05, 0) is 48.4 Å². The van der Waals surface area contributed by atoms with E-state index < -0.39 is 10.0 Å². The molecule has 0 unspecified atom stereocenters. The van der Waals surface area contributed by atoms with E-state index in [2.05, 4.69) is 9.30 Å². The number of anilines is 1. The Hall–Kier alpha value is -2.62. The molecule has 0 amide bonds. The second-order valence-electron chi connectivity index (χ2n) is 6.90. The summed E-state index contributed by atoms with van der Waals surface area (Å²) < 4.78 is 42.6. The summed E-state index contributed by atoms with van der Waals surface area (Å²) in [5.74, 6) is -0.574. The second-order valence-corrected chi connectivity index (χ2v) is 10.4. The fourth-order valence-corrected chi connectivity index (χ4v) is 5.80. The molecule has 31 heavy (non-hydrogen) atoms. The number of allylic oxidation sites excluding steroid dienone is 5. The SMILES string of the molecule is O=S(=O)(N=C1C=CC=CC1=C([O-])N1CCN(c2ccc(F)cc2)CC1)c1ccc(Cl)s1. The minimum Gasteiger partial charge on any atom is -0.860 e. The van der Waals surface area contributed by atoms with Crippen LogP contribution in [0.3, 0.4) is 0 Å². The van der Waals surface area contributed by atoms with Crippen molar-refractivity contribution in [2.75, 3.05) is 31.1 Å². The summed E-state index contributed by atoms with van der Waals surface area (Å²) in [6.45, 7) is 2.08. The summed E-state index contributed by atoms with van der Waals surface area (Å²) >= 11 is 6.76. The van der Waals surface area contributed by atoms with Crippen LogP contribution in [-0.4, -0.2) is 45.2 Å². The van der Waals surface area contributed by atoms with E-state index in [4.69, 9.17) is 11.6 Å². The van der Waals surface area contributed by atoms with Crippen molar-refractivity contribution in [3.63, 3.8) is 0 Å². The van der Waals surface area contributed by atoms with Crippen molar-refractivity contribution >= 4 is 44.4 Å². The lowest BCUT2D eigenvalue weighted by Crippen LogP contribution is -2.48. The van der Waals surface area contributed by atoms with E-state index in [0.717, 1.165) is 17.0 Å². The number of nitrogens with zero attached hydrogens (tertiary/aromatic N) is 3. The third-order valence-corrected chi connectivity index (χ3v) is 7.90. The summed E-state index contributed by atoms with van der Waals surface area (Å²) in [7, 11) is -3.98. The van der Waals surface area contributed by atoms with Gasteiger partial charge < -0.3 is 14.9 Å². The molecule has 1 saturated heterocycles. The number of halogens is 2. The van der Waals surface area contributed by atoms with Crippen LogP contribution in [0.1, 0.15) is 0 Å². The maximum absolute atomic E-state index is 13.1. The van der Waals surface area contributed by atoms with Crippen molar-refractivity contribution in [3.8, 4) is 0 Å². The van der Waals surface area contributed by atoms with Gasteiger partial charge in [0.2, 0.25) is 0 Å². The van der Waals surface area contributed by atoms with Gasteiger partial charge >= 0.3 is 0 Å².